The van der Waals surface area contributed by atoms with Crippen LogP contribution in [0.15, 0.2) is 53.6 Å². The van der Waals surface area contributed by atoms with E-state index in [2.05, 4.69) is 56.0 Å². The second-order valence-electron chi connectivity index (χ2n) is 7.18. The van der Waals surface area contributed by atoms with Crippen molar-refractivity contribution in [1.82, 2.24) is 14.5 Å². The Kier molecular flexibility index (Phi) is 4.13. The summed E-state index contributed by atoms with van der Waals surface area (Å²) < 4.78 is 13.0. The Balaban J connectivity index is 1.64. The van der Waals surface area contributed by atoms with E-state index < -0.39 is 0 Å². The van der Waals surface area contributed by atoms with Gasteiger partial charge in [0.1, 0.15) is 5.76 Å². The molecule has 4 aromatic rings. The highest BCUT2D eigenvalue weighted by molar-refractivity contribution is 5.86. The zero-order chi connectivity index (χ0) is 19.1. The monoisotopic (exact) mass is 374 g/mol. The molecule has 0 N–H and O–H groups in total. The summed E-state index contributed by atoms with van der Waals surface area (Å²) in [6, 6.07) is 10.9. The van der Waals surface area contributed by atoms with Crippen LogP contribution in [0.4, 0.5) is 5.69 Å². The maximum Gasteiger partial charge on any atom is 0.141 e. The smallest absolute Gasteiger partial charge is 0.141 e. The topological polar surface area (TPSA) is 55.8 Å². The van der Waals surface area contributed by atoms with Crippen LogP contribution in [0.25, 0.3) is 27.8 Å². The maximum atomic E-state index is 5.49. The minimum absolute atomic E-state index is 0.779. The van der Waals surface area contributed by atoms with Crippen molar-refractivity contribution in [1.29, 1.82) is 0 Å². The quantitative estimate of drug-likeness (QED) is 0.540. The van der Waals surface area contributed by atoms with Gasteiger partial charge >= 0.3 is 0 Å². The van der Waals surface area contributed by atoms with E-state index in [1.807, 2.05) is 26.4 Å². The number of rotatable bonds is 3. The summed E-state index contributed by atoms with van der Waals surface area (Å²) in [5, 5.41) is 4.14. The number of hydrogen-bond donors (Lipinski definition) is 0. The van der Waals surface area contributed by atoms with Crippen LogP contribution in [-0.4, -0.2) is 40.8 Å². The number of morpholine rings is 1. The number of aromatic nitrogens is 3. The molecule has 1 aliphatic rings. The molecule has 4 heterocycles. The number of ether oxygens (including phenoxy) is 1. The van der Waals surface area contributed by atoms with Crippen molar-refractivity contribution < 1.29 is 9.26 Å². The van der Waals surface area contributed by atoms with Gasteiger partial charge in [0.15, 0.2) is 0 Å². The molecule has 1 fully saturated rings. The number of nitrogens with zero attached hydrogens (tertiary/aromatic N) is 4. The first kappa shape index (κ1) is 17.0. The van der Waals surface area contributed by atoms with Crippen LogP contribution >= 0.6 is 0 Å². The highest BCUT2D eigenvalue weighted by atomic mass is 16.5. The largest absolute Gasteiger partial charge is 0.378 e. The Hall–Kier alpha value is -3.12. The Morgan fingerprint density at radius 1 is 1.04 bits per heavy atom. The van der Waals surface area contributed by atoms with E-state index in [9.17, 15) is 0 Å². The van der Waals surface area contributed by atoms with E-state index in [-0.39, 0.29) is 0 Å². The summed E-state index contributed by atoms with van der Waals surface area (Å²) in [4.78, 5) is 6.72. The van der Waals surface area contributed by atoms with Crippen LogP contribution < -0.4 is 4.90 Å². The highest BCUT2D eigenvalue weighted by Crippen LogP contribution is 2.35. The first-order valence-electron chi connectivity index (χ1n) is 9.53. The molecule has 1 aromatic carbocycles. The second-order valence-corrected chi connectivity index (χ2v) is 7.18. The Labute approximate surface area is 163 Å². The molecule has 0 spiro atoms. The molecule has 142 valence electrons. The lowest BCUT2D eigenvalue weighted by Gasteiger charge is -2.29. The second kappa shape index (κ2) is 6.80. The van der Waals surface area contributed by atoms with Crippen molar-refractivity contribution in [2.45, 2.75) is 13.8 Å². The van der Waals surface area contributed by atoms with Gasteiger partial charge in [0, 0.05) is 36.1 Å². The first-order chi connectivity index (χ1) is 13.7. The number of fused-ring (bicyclic) bond motifs is 1. The van der Waals surface area contributed by atoms with E-state index in [1.165, 1.54) is 11.3 Å². The van der Waals surface area contributed by atoms with Crippen LogP contribution in [0.3, 0.4) is 0 Å². The molecule has 0 amide bonds. The van der Waals surface area contributed by atoms with Crippen molar-refractivity contribution in [3.05, 3.63) is 60.5 Å². The molecule has 0 atom stereocenters. The van der Waals surface area contributed by atoms with Gasteiger partial charge in [-0.2, -0.15) is 0 Å². The third-order valence-corrected chi connectivity index (χ3v) is 5.38. The average Bonchev–Trinajstić information content (AvgIpc) is 3.34. The van der Waals surface area contributed by atoms with Crippen LogP contribution in [0.1, 0.15) is 11.5 Å². The lowest BCUT2D eigenvalue weighted by molar-refractivity contribution is 0.122. The molecule has 0 radical (unpaired) electrons. The Bertz CT molecular complexity index is 1120. The lowest BCUT2D eigenvalue weighted by atomic mass is 9.99. The number of aryl methyl sites for hydroxylation is 2. The SMILES string of the molecule is Cc1noc(C)c1-c1cc(-c2cccc(N3CCOCC3)c2)cn2cncc12. The summed E-state index contributed by atoms with van der Waals surface area (Å²) in [5.41, 5.74) is 7.59. The van der Waals surface area contributed by atoms with Gasteiger partial charge in [-0.05, 0) is 43.2 Å². The number of hydrogen-bond acceptors (Lipinski definition) is 5. The van der Waals surface area contributed by atoms with Crippen molar-refractivity contribution in [2.75, 3.05) is 31.2 Å². The molecule has 6 heteroatoms. The highest BCUT2D eigenvalue weighted by Gasteiger charge is 2.17. The van der Waals surface area contributed by atoms with E-state index in [0.29, 0.717) is 0 Å². The minimum atomic E-state index is 0.779. The first-order valence-corrected chi connectivity index (χ1v) is 9.53. The van der Waals surface area contributed by atoms with Crippen molar-refractivity contribution in [3.8, 4) is 22.3 Å². The predicted octanol–water partition coefficient (Wildman–Crippen LogP) is 4.11. The van der Waals surface area contributed by atoms with Gasteiger partial charge in [0.2, 0.25) is 0 Å². The minimum Gasteiger partial charge on any atom is -0.378 e. The molecular weight excluding hydrogens is 352 g/mol. The molecule has 3 aromatic heterocycles. The molecule has 1 aliphatic heterocycles. The molecule has 1 saturated heterocycles. The van der Waals surface area contributed by atoms with Gasteiger partial charge in [0.05, 0.1) is 36.9 Å². The van der Waals surface area contributed by atoms with E-state index in [1.54, 1.807) is 0 Å². The molecule has 6 nitrogen and oxygen atoms in total. The zero-order valence-electron chi connectivity index (χ0n) is 16.1. The Morgan fingerprint density at radius 2 is 1.89 bits per heavy atom. The Morgan fingerprint density at radius 3 is 2.68 bits per heavy atom. The third-order valence-electron chi connectivity index (χ3n) is 5.38. The van der Waals surface area contributed by atoms with E-state index in [4.69, 9.17) is 9.26 Å². The van der Waals surface area contributed by atoms with Crippen LogP contribution in [0.2, 0.25) is 0 Å². The van der Waals surface area contributed by atoms with E-state index in [0.717, 1.165) is 60.0 Å². The third kappa shape index (κ3) is 2.86. The molecule has 28 heavy (non-hydrogen) atoms. The molecule has 0 aliphatic carbocycles. The summed E-state index contributed by atoms with van der Waals surface area (Å²) >= 11 is 0. The lowest BCUT2D eigenvalue weighted by Crippen LogP contribution is -2.36. The van der Waals surface area contributed by atoms with Crippen LogP contribution in [0.5, 0.6) is 0 Å². The molecule has 0 bridgehead atoms. The van der Waals surface area contributed by atoms with Crippen LogP contribution in [0, 0.1) is 13.8 Å². The summed E-state index contributed by atoms with van der Waals surface area (Å²) in [5.74, 6) is 0.819. The predicted molar refractivity (Wildman–Crippen MR) is 109 cm³/mol. The fourth-order valence-corrected chi connectivity index (χ4v) is 3.96. The fourth-order valence-electron chi connectivity index (χ4n) is 3.96. The van der Waals surface area contributed by atoms with Crippen molar-refractivity contribution >= 4 is 11.2 Å². The average molecular weight is 374 g/mol. The van der Waals surface area contributed by atoms with Crippen molar-refractivity contribution in [2.24, 2.45) is 0 Å². The summed E-state index contributed by atoms with van der Waals surface area (Å²) in [6.07, 6.45) is 5.85. The molecular formula is C22H22N4O2. The summed E-state index contributed by atoms with van der Waals surface area (Å²) in [6.45, 7) is 7.34. The van der Waals surface area contributed by atoms with Gasteiger partial charge < -0.3 is 18.6 Å². The molecule has 0 unspecified atom stereocenters. The number of pyridine rings is 1. The zero-order valence-corrected chi connectivity index (χ0v) is 16.1. The van der Waals surface area contributed by atoms with Gasteiger partial charge in [-0.3, -0.25) is 0 Å². The number of benzene rings is 1. The number of imidazole rings is 1. The maximum absolute atomic E-state index is 5.49. The van der Waals surface area contributed by atoms with E-state index >= 15 is 0 Å². The van der Waals surface area contributed by atoms with Gasteiger partial charge in [-0.15, -0.1) is 0 Å². The van der Waals surface area contributed by atoms with Gasteiger partial charge in [-0.25, -0.2) is 4.98 Å². The summed E-state index contributed by atoms with van der Waals surface area (Å²) in [7, 11) is 0. The normalized spacial score (nSPS) is 14.7. The fraction of sp³-hybridized carbons (Fsp3) is 0.273. The van der Waals surface area contributed by atoms with Crippen LogP contribution in [-0.2, 0) is 4.74 Å². The van der Waals surface area contributed by atoms with Gasteiger partial charge in [0.25, 0.3) is 0 Å². The standard InChI is InChI=1S/C22H22N4O2/c1-15-22(16(2)28-24-15)20-11-18(13-26-14-23-12-21(20)26)17-4-3-5-19(10-17)25-6-8-27-9-7-25/h3-5,10-14H,6-9H2,1-2H3. The molecule has 0 saturated carbocycles. The van der Waals surface area contributed by atoms with Gasteiger partial charge in [-0.1, -0.05) is 17.3 Å². The number of anilines is 1. The molecule has 5 rings (SSSR count). The van der Waals surface area contributed by atoms with Crippen molar-refractivity contribution in [3.63, 3.8) is 0 Å².